The van der Waals surface area contributed by atoms with E-state index in [4.69, 9.17) is 4.74 Å². The van der Waals surface area contributed by atoms with Gasteiger partial charge < -0.3 is 15.0 Å². The van der Waals surface area contributed by atoms with E-state index in [9.17, 15) is 9.59 Å². The second-order valence-electron chi connectivity index (χ2n) is 10.3. The number of hydrogen-bond acceptors (Lipinski definition) is 7. The molecule has 2 aliphatic rings. The zero-order chi connectivity index (χ0) is 27.2. The number of aromatic nitrogens is 2. The van der Waals surface area contributed by atoms with E-state index >= 15 is 4.39 Å². The number of rotatable bonds is 6. The third kappa shape index (κ3) is 4.32. The summed E-state index contributed by atoms with van der Waals surface area (Å²) in [5.41, 5.74) is 1.92. The number of anilines is 1. The molecule has 2 aliphatic heterocycles. The van der Waals surface area contributed by atoms with Crippen LogP contribution in [0.4, 0.5) is 10.2 Å². The molecule has 2 aromatic carbocycles. The van der Waals surface area contributed by atoms with Gasteiger partial charge in [-0.25, -0.2) is 9.37 Å². The number of fused-ring (bicyclic) bond motifs is 5. The summed E-state index contributed by atoms with van der Waals surface area (Å²) in [6, 6.07) is 19.4. The van der Waals surface area contributed by atoms with Crippen molar-refractivity contribution in [2.45, 2.75) is 19.0 Å². The van der Waals surface area contributed by atoms with Crippen molar-refractivity contribution in [2.24, 2.45) is 0 Å². The lowest BCUT2D eigenvalue weighted by Crippen LogP contribution is -2.53. The summed E-state index contributed by atoms with van der Waals surface area (Å²) in [6.45, 7) is 4.21. The van der Waals surface area contributed by atoms with Gasteiger partial charge >= 0.3 is 0 Å². The van der Waals surface area contributed by atoms with Crippen molar-refractivity contribution in [3.8, 4) is 0 Å². The van der Waals surface area contributed by atoms with Crippen LogP contribution in [-0.4, -0.2) is 65.6 Å². The van der Waals surface area contributed by atoms with E-state index < -0.39 is 17.2 Å². The highest BCUT2D eigenvalue weighted by Gasteiger charge is 2.30. The number of ether oxygens (including phenoxy) is 1. The summed E-state index contributed by atoms with van der Waals surface area (Å²) >= 11 is 1.37. The van der Waals surface area contributed by atoms with E-state index in [1.807, 2.05) is 51.8 Å². The molecule has 0 saturated carbocycles. The summed E-state index contributed by atoms with van der Waals surface area (Å²) in [7, 11) is 0. The Hall–Kier alpha value is -3.86. The van der Waals surface area contributed by atoms with Crippen molar-refractivity contribution in [1.29, 1.82) is 0 Å². The SMILES string of the molecule is O=C(NCC1CCN1Cc1ccccc1)c1c(=O)c2cc(F)c(N3CCOCC3)nc2n2c1sc1ccccc12. The average Bonchev–Trinajstić information content (AvgIpc) is 3.35. The van der Waals surface area contributed by atoms with Crippen LogP contribution in [-0.2, 0) is 11.3 Å². The molecule has 7 rings (SSSR count). The highest BCUT2D eigenvalue weighted by atomic mass is 32.1. The van der Waals surface area contributed by atoms with Crippen LogP contribution >= 0.6 is 11.3 Å². The molecule has 5 heterocycles. The molecule has 5 aromatic rings. The van der Waals surface area contributed by atoms with Crippen LogP contribution in [0.2, 0.25) is 0 Å². The lowest BCUT2D eigenvalue weighted by molar-refractivity contribution is 0.0732. The van der Waals surface area contributed by atoms with Crippen LogP contribution in [0.5, 0.6) is 0 Å². The lowest BCUT2D eigenvalue weighted by Gasteiger charge is -2.41. The van der Waals surface area contributed by atoms with Gasteiger partial charge in [0.1, 0.15) is 10.4 Å². The Bertz CT molecular complexity index is 1800. The zero-order valence-electron chi connectivity index (χ0n) is 21.8. The monoisotopic (exact) mass is 557 g/mol. The van der Waals surface area contributed by atoms with Crippen LogP contribution < -0.4 is 15.6 Å². The molecule has 0 radical (unpaired) electrons. The molecule has 0 aliphatic carbocycles. The second kappa shape index (κ2) is 10.3. The van der Waals surface area contributed by atoms with E-state index in [0.29, 0.717) is 43.3 Å². The Labute approximate surface area is 233 Å². The first-order valence-electron chi connectivity index (χ1n) is 13.5. The number of hydrogen-bond donors (Lipinski definition) is 1. The normalized spacial score (nSPS) is 17.9. The molecule has 8 nitrogen and oxygen atoms in total. The summed E-state index contributed by atoms with van der Waals surface area (Å²) < 4.78 is 23.6. The van der Waals surface area contributed by atoms with E-state index in [2.05, 4.69) is 27.3 Å². The molecule has 10 heteroatoms. The predicted octanol–water partition coefficient (Wildman–Crippen LogP) is 4.04. The number of likely N-dealkylation sites (tertiary alicyclic amines) is 1. The largest absolute Gasteiger partial charge is 0.378 e. The van der Waals surface area contributed by atoms with Gasteiger partial charge in [-0.3, -0.25) is 18.9 Å². The fourth-order valence-electron chi connectivity index (χ4n) is 5.65. The fourth-order valence-corrected chi connectivity index (χ4v) is 6.83. The highest BCUT2D eigenvalue weighted by molar-refractivity contribution is 7.24. The van der Waals surface area contributed by atoms with Crippen molar-refractivity contribution in [2.75, 3.05) is 44.3 Å². The molecular weight excluding hydrogens is 529 g/mol. The average molecular weight is 558 g/mol. The van der Waals surface area contributed by atoms with Crippen molar-refractivity contribution in [3.63, 3.8) is 0 Å². The van der Waals surface area contributed by atoms with Gasteiger partial charge in [0.2, 0.25) is 5.43 Å². The number of benzene rings is 2. The van der Waals surface area contributed by atoms with Gasteiger partial charge in [-0.15, -0.1) is 11.3 Å². The zero-order valence-corrected chi connectivity index (χ0v) is 22.6. The maximum absolute atomic E-state index is 15.4. The molecule has 1 unspecified atom stereocenters. The molecule has 0 bridgehead atoms. The number of morpholine rings is 1. The van der Waals surface area contributed by atoms with Crippen molar-refractivity contribution in [1.82, 2.24) is 19.6 Å². The van der Waals surface area contributed by atoms with Crippen LogP contribution in [0.15, 0.2) is 65.5 Å². The summed E-state index contributed by atoms with van der Waals surface area (Å²) in [4.78, 5) is 36.8. The minimum absolute atomic E-state index is 0.0305. The van der Waals surface area contributed by atoms with Crippen LogP contribution in [0.25, 0.3) is 26.1 Å². The second-order valence-corrected chi connectivity index (χ2v) is 11.3. The van der Waals surface area contributed by atoms with E-state index in [1.165, 1.54) is 23.0 Å². The van der Waals surface area contributed by atoms with Crippen LogP contribution in [0, 0.1) is 5.82 Å². The van der Waals surface area contributed by atoms with Gasteiger partial charge in [0.05, 0.1) is 28.8 Å². The number of nitrogens with zero attached hydrogens (tertiary/aromatic N) is 4. The van der Waals surface area contributed by atoms with Crippen molar-refractivity contribution < 1.29 is 13.9 Å². The molecular formula is C30H28FN5O3S. The van der Waals surface area contributed by atoms with Crippen LogP contribution in [0.1, 0.15) is 22.3 Å². The number of thiazole rings is 1. The predicted molar refractivity (Wildman–Crippen MR) is 155 cm³/mol. The molecule has 40 heavy (non-hydrogen) atoms. The van der Waals surface area contributed by atoms with Gasteiger partial charge in [0.15, 0.2) is 17.3 Å². The van der Waals surface area contributed by atoms with Crippen molar-refractivity contribution in [3.05, 3.63) is 87.8 Å². The van der Waals surface area contributed by atoms with Gasteiger partial charge in [-0.1, -0.05) is 42.5 Å². The van der Waals surface area contributed by atoms with Gasteiger partial charge in [0.25, 0.3) is 5.91 Å². The standard InChI is InChI=1S/C30H28FN5O3S/c31-22-16-21-26(37)25(29(38)32-17-20-10-11-35(20)18-19-6-2-1-3-7-19)30-36(23-8-4-5-9-24(23)40-30)27(21)33-28(22)34-12-14-39-15-13-34/h1-9,16,20H,10-15,17-18H2,(H,32,38). The number of pyridine rings is 2. The van der Waals surface area contributed by atoms with Gasteiger partial charge in [-0.2, -0.15) is 0 Å². The van der Waals surface area contributed by atoms with Crippen LogP contribution in [0.3, 0.4) is 0 Å². The Morgan fingerprint density at radius 2 is 1.85 bits per heavy atom. The third-order valence-corrected chi connectivity index (χ3v) is 9.03. The number of para-hydroxylation sites is 1. The number of carbonyl (C=O) groups excluding carboxylic acids is 1. The quantitative estimate of drug-likeness (QED) is 0.340. The first-order chi connectivity index (χ1) is 19.6. The fraction of sp³-hybridized carbons (Fsp3) is 0.300. The Morgan fingerprint density at radius 1 is 1.07 bits per heavy atom. The summed E-state index contributed by atoms with van der Waals surface area (Å²) in [5.74, 6) is -0.830. The van der Waals surface area contributed by atoms with Gasteiger partial charge in [-0.05, 0) is 30.2 Å². The maximum Gasteiger partial charge on any atom is 0.258 e. The Kier molecular flexibility index (Phi) is 6.45. The first-order valence-corrected chi connectivity index (χ1v) is 14.4. The summed E-state index contributed by atoms with van der Waals surface area (Å²) in [5, 5.41) is 3.11. The minimum Gasteiger partial charge on any atom is -0.378 e. The third-order valence-electron chi connectivity index (χ3n) is 7.88. The Morgan fingerprint density at radius 3 is 2.62 bits per heavy atom. The Balaban J connectivity index is 1.27. The summed E-state index contributed by atoms with van der Waals surface area (Å²) in [6.07, 6.45) is 0.974. The molecule has 1 amide bonds. The number of halogens is 1. The van der Waals surface area contributed by atoms with Crippen molar-refractivity contribution >= 4 is 49.1 Å². The number of amides is 1. The molecule has 2 saturated heterocycles. The van der Waals surface area contributed by atoms with E-state index in [1.54, 1.807) is 0 Å². The number of carbonyl (C=O) groups is 1. The lowest BCUT2D eigenvalue weighted by atomic mass is 10.0. The minimum atomic E-state index is -0.580. The smallest absolute Gasteiger partial charge is 0.258 e. The molecule has 2 fully saturated rings. The molecule has 3 aromatic heterocycles. The molecule has 1 atom stereocenters. The topological polar surface area (TPSA) is 79.2 Å². The highest BCUT2D eigenvalue weighted by Crippen LogP contribution is 2.32. The van der Waals surface area contributed by atoms with E-state index in [0.717, 1.165) is 29.7 Å². The first kappa shape index (κ1) is 25.1. The molecule has 204 valence electrons. The molecule has 0 spiro atoms. The number of nitrogens with one attached hydrogen (secondary N) is 1. The van der Waals surface area contributed by atoms with Gasteiger partial charge in [0, 0.05) is 38.8 Å². The molecule has 1 N–H and O–H groups in total. The maximum atomic E-state index is 15.4. The van der Waals surface area contributed by atoms with E-state index in [-0.39, 0.29) is 22.8 Å².